The Morgan fingerprint density at radius 3 is 2.88 bits per heavy atom. The standard InChI is InChI=1S/C15H23NO/c1-3-9-17-11-15(16-4-2)14-10-12-7-5-6-8-13(12)14/h5-8,14-16H,3-4,9-11H2,1-2H3. The minimum atomic E-state index is 0.474. The molecule has 0 saturated carbocycles. The number of fused-ring (bicyclic) bond motifs is 1. The predicted molar refractivity (Wildman–Crippen MR) is 71.5 cm³/mol. The van der Waals surface area contributed by atoms with Crippen molar-refractivity contribution in [2.45, 2.75) is 38.6 Å². The summed E-state index contributed by atoms with van der Waals surface area (Å²) in [6.45, 7) is 7.04. The van der Waals surface area contributed by atoms with Crippen LogP contribution in [0, 0.1) is 0 Å². The van der Waals surface area contributed by atoms with E-state index in [1.807, 2.05) is 0 Å². The number of nitrogens with one attached hydrogen (secondary N) is 1. The Balaban J connectivity index is 1.94. The van der Waals surface area contributed by atoms with Crippen LogP contribution in [0.1, 0.15) is 37.3 Å². The molecule has 0 aromatic heterocycles. The highest BCUT2D eigenvalue weighted by molar-refractivity contribution is 5.41. The fourth-order valence-corrected chi connectivity index (χ4v) is 2.59. The zero-order valence-corrected chi connectivity index (χ0v) is 10.9. The summed E-state index contributed by atoms with van der Waals surface area (Å²) in [7, 11) is 0. The van der Waals surface area contributed by atoms with E-state index in [0.717, 1.165) is 26.2 Å². The van der Waals surface area contributed by atoms with Crippen LogP contribution in [0.4, 0.5) is 0 Å². The maximum atomic E-state index is 5.71. The van der Waals surface area contributed by atoms with Crippen molar-refractivity contribution >= 4 is 0 Å². The molecular weight excluding hydrogens is 210 g/mol. The van der Waals surface area contributed by atoms with E-state index in [0.29, 0.717) is 12.0 Å². The number of hydrogen-bond donors (Lipinski definition) is 1. The second-order valence-corrected chi connectivity index (χ2v) is 4.75. The van der Waals surface area contributed by atoms with E-state index in [4.69, 9.17) is 4.74 Å². The molecule has 17 heavy (non-hydrogen) atoms. The van der Waals surface area contributed by atoms with E-state index in [2.05, 4.69) is 43.4 Å². The normalized spacial score (nSPS) is 19.5. The first kappa shape index (κ1) is 12.6. The quantitative estimate of drug-likeness (QED) is 0.731. The fourth-order valence-electron chi connectivity index (χ4n) is 2.59. The first-order chi connectivity index (χ1) is 8.36. The molecule has 0 fully saturated rings. The summed E-state index contributed by atoms with van der Waals surface area (Å²) in [6.07, 6.45) is 2.30. The van der Waals surface area contributed by atoms with Crippen molar-refractivity contribution in [1.29, 1.82) is 0 Å². The van der Waals surface area contributed by atoms with Gasteiger partial charge in [-0.25, -0.2) is 0 Å². The summed E-state index contributed by atoms with van der Waals surface area (Å²) >= 11 is 0. The molecule has 1 N–H and O–H groups in total. The van der Waals surface area contributed by atoms with Crippen molar-refractivity contribution in [1.82, 2.24) is 5.32 Å². The van der Waals surface area contributed by atoms with Crippen LogP contribution >= 0.6 is 0 Å². The molecule has 1 aliphatic rings. The Labute approximate surface area is 104 Å². The molecule has 1 aliphatic carbocycles. The van der Waals surface area contributed by atoms with Gasteiger partial charge < -0.3 is 10.1 Å². The second-order valence-electron chi connectivity index (χ2n) is 4.75. The largest absolute Gasteiger partial charge is 0.380 e. The van der Waals surface area contributed by atoms with E-state index in [1.54, 1.807) is 0 Å². The van der Waals surface area contributed by atoms with Crippen LogP contribution in [-0.2, 0) is 11.2 Å². The van der Waals surface area contributed by atoms with Gasteiger partial charge in [-0.1, -0.05) is 38.1 Å². The second kappa shape index (κ2) is 6.18. The zero-order valence-electron chi connectivity index (χ0n) is 10.9. The Kier molecular flexibility index (Phi) is 4.57. The molecule has 2 rings (SSSR count). The lowest BCUT2D eigenvalue weighted by atomic mass is 9.73. The van der Waals surface area contributed by atoms with Gasteiger partial charge in [0.25, 0.3) is 0 Å². The van der Waals surface area contributed by atoms with Crippen LogP contribution in [0.5, 0.6) is 0 Å². The molecule has 0 saturated heterocycles. The molecule has 0 aliphatic heterocycles. The topological polar surface area (TPSA) is 21.3 Å². The summed E-state index contributed by atoms with van der Waals surface area (Å²) in [5, 5.41) is 3.56. The van der Waals surface area contributed by atoms with Gasteiger partial charge in [0.15, 0.2) is 0 Å². The lowest BCUT2D eigenvalue weighted by molar-refractivity contribution is 0.101. The van der Waals surface area contributed by atoms with E-state index in [1.165, 1.54) is 17.5 Å². The number of rotatable bonds is 7. The molecule has 2 heteroatoms. The summed E-state index contributed by atoms with van der Waals surface area (Å²) in [5.41, 5.74) is 3.02. The molecule has 1 aromatic carbocycles. The molecule has 2 nitrogen and oxygen atoms in total. The third-order valence-corrected chi connectivity index (χ3v) is 3.49. The van der Waals surface area contributed by atoms with Crippen LogP contribution in [-0.4, -0.2) is 25.8 Å². The summed E-state index contributed by atoms with van der Waals surface area (Å²) in [4.78, 5) is 0. The third-order valence-electron chi connectivity index (χ3n) is 3.49. The van der Waals surface area contributed by atoms with E-state index in [9.17, 15) is 0 Å². The van der Waals surface area contributed by atoms with E-state index < -0.39 is 0 Å². The fraction of sp³-hybridized carbons (Fsp3) is 0.600. The molecule has 2 unspecified atom stereocenters. The Bertz CT molecular complexity index is 351. The molecular formula is C15H23NO. The zero-order chi connectivity index (χ0) is 12.1. The minimum absolute atomic E-state index is 0.474. The highest BCUT2D eigenvalue weighted by Gasteiger charge is 2.32. The van der Waals surface area contributed by atoms with Crippen LogP contribution in [0.15, 0.2) is 24.3 Å². The molecule has 0 heterocycles. The average molecular weight is 233 g/mol. The van der Waals surface area contributed by atoms with Crippen molar-refractivity contribution < 1.29 is 4.74 Å². The van der Waals surface area contributed by atoms with Crippen molar-refractivity contribution in [3.8, 4) is 0 Å². The first-order valence-corrected chi connectivity index (χ1v) is 6.75. The average Bonchev–Trinajstić information content (AvgIpc) is 2.31. The van der Waals surface area contributed by atoms with Gasteiger partial charge in [0.05, 0.1) is 6.61 Å². The van der Waals surface area contributed by atoms with Gasteiger partial charge in [-0.15, -0.1) is 0 Å². The maximum Gasteiger partial charge on any atom is 0.0625 e. The Hall–Kier alpha value is -0.860. The number of benzene rings is 1. The molecule has 2 atom stereocenters. The number of hydrogen-bond acceptors (Lipinski definition) is 2. The molecule has 0 spiro atoms. The van der Waals surface area contributed by atoms with E-state index >= 15 is 0 Å². The van der Waals surface area contributed by atoms with Gasteiger partial charge >= 0.3 is 0 Å². The van der Waals surface area contributed by atoms with Crippen molar-refractivity contribution in [2.24, 2.45) is 0 Å². The van der Waals surface area contributed by atoms with Gasteiger partial charge in [0.2, 0.25) is 0 Å². The maximum absolute atomic E-state index is 5.71. The summed E-state index contributed by atoms with van der Waals surface area (Å²) in [5.74, 6) is 0.642. The highest BCUT2D eigenvalue weighted by atomic mass is 16.5. The highest BCUT2D eigenvalue weighted by Crippen LogP contribution is 2.37. The van der Waals surface area contributed by atoms with E-state index in [-0.39, 0.29) is 0 Å². The third kappa shape index (κ3) is 2.88. The Morgan fingerprint density at radius 1 is 1.35 bits per heavy atom. The predicted octanol–water partition coefficient (Wildman–Crippen LogP) is 2.73. The van der Waals surface area contributed by atoms with Crippen molar-refractivity contribution in [3.05, 3.63) is 35.4 Å². The molecule has 0 bridgehead atoms. The van der Waals surface area contributed by atoms with Crippen LogP contribution in [0.2, 0.25) is 0 Å². The lowest BCUT2D eigenvalue weighted by Gasteiger charge is -2.36. The van der Waals surface area contributed by atoms with Gasteiger partial charge in [-0.05, 0) is 30.5 Å². The molecule has 0 amide bonds. The van der Waals surface area contributed by atoms with Crippen LogP contribution in [0.25, 0.3) is 0 Å². The smallest absolute Gasteiger partial charge is 0.0625 e. The number of likely N-dealkylation sites (N-methyl/N-ethyl adjacent to an activating group) is 1. The Morgan fingerprint density at radius 2 is 2.18 bits per heavy atom. The first-order valence-electron chi connectivity index (χ1n) is 6.75. The van der Waals surface area contributed by atoms with Crippen LogP contribution in [0.3, 0.4) is 0 Å². The SMILES string of the molecule is CCCOCC(NCC)C1Cc2ccccc21. The number of ether oxygens (including phenoxy) is 1. The van der Waals surface area contributed by atoms with Crippen molar-refractivity contribution in [2.75, 3.05) is 19.8 Å². The summed E-state index contributed by atoms with van der Waals surface area (Å²) < 4.78 is 5.71. The van der Waals surface area contributed by atoms with Crippen molar-refractivity contribution in [3.63, 3.8) is 0 Å². The lowest BCUT2D eigenvalue weighted by Crippen LogP contribution is -2.43. The monoisotopic (exact) mass is 233 g/mol. The molecule has 94 valence electrons. The van der Waals surface area contributed by atoms with Gasteiger partial charge in [-0.3, -0.25) is 0 Å². The van der Waals surface area contributed by atoms with Crippen LogP contribution < -0.4 is 5.32 Å². The summed E-state index contributed by atoms with van der Waals surface area (Å²) in [6, 6.07) is 9.24. The minimum Gasteiger partial charge on any atom is -0.380 e. The molecule has 0 radical (unpaired) electrons. The van der Waals surface area contributed by atoms with Gasteiger partial charge in [0.1, 0.15) is 0 Å². The van der Waals surface area contributed by atoms with Gasteiger partial charge in [-0.2, -0.15) is 0 Å². The van der Waals surface area contributed by atoms with Gasteiger partial charge in [0, 0.05) is 18.6 Å². The molecule has 1 aromatic rings.